The number of rotatable bonds is 6. The molecule has 1 saturated carbocycles. The number of hydrogen-bond donors (Lipinski definition) is 2. The molecule has 0 unspecified atom stereocenters. The monoisotopic (exact) mass is 388 g/mol. The van der Waals surface area contributed by atoms with Crippen LogP contribution in [0, 0.1) is 11.8 Å². The van der Waals surface area contributed by atoms with Crippen LogP contribution in [0.1, 0.15) is 31.7 Å². The summed E-state index contributed by atoms with van der Waals surface area (Å²) in [5.41, 5.74) is 1.18. The number of hydrogen-bond acceptors (Lipinski definition) is 7. The van der Waals surface area contributed by atoms with Gasteiger partial charge >= 0.3 is 0 Å². The molecule has 2 saturated heterocycles. The fraction of sp³-hybridized carbons (Fsp3) is 0.810. The number of likely N-dealkylation sites (tertiary alicyclic amines) is 1. The second-order valence-corrected chi connectivity index (χ2v) is 9.00. The quantitative estimate of drug-likeness (QED) is 0.757. The van der Waals surface area contributed by atoms with Gasteiger partial charge in [0.05, 0.1) is 6.10 Å². The van der Waals surface area contributed by atoms with Gasteiger partial charge in [-0.1, -0.05) is 6.92 Å². The average Bonchev–Trinajstić information content (AvgIpc) is 3.08. The van der Waals surface area contributed by atoms with Gasteiger partial charge in [0.15, 0.2) is 0 Å². The van der Waals surface area contributed by atoms with E-state index in [2.05, 4.69) is 44.0 Å². The number of piperazine rings is 1. The third kappa shape index (κ3) is 4.64. The van der Waals surface area contributed by atoms with Gasteiger partial charge in [-0.15, -0.1) is 0 Å². The van der Waals surface area contributed by atoms with Crippen molar-refractivity contribution in [2.24, 2.45) is 11.8 Å². The average molecular weight is 389 g/mol. The Hall–Kier alpha value is -1.28. The molecule has 1 aromatic rings. The van der Waals surface area contributed by atoms with Crippen molar-refractivity contribution >= 4 is 5.95 Å². The number of fused-ring (bicyclic) bond motifs is 1. The van der Waals surface area contributed by atoms with E-state index in [-0.39, 0.29) is 6.10 Å². The van der Waals surface area contributed by atoms with Gasteiger partial charge in [0.25, 0.3) is 0 Å². The van der Waals surface area contributed by atoms with Crippen LogP contribution in [0.3, 0.4) is 0 Å². The Labute approximate surface area is 169 Å². The van der Waals surface area contributed by atoms with Gasteiger partial charge < -0.3 is 15.3 Å². The molecule has 0 aromatic carbocycles. The van der Waals surface area contributed by atoms with Gasteiger partial charge in [-0.3, -0.25) is 9.80 Å². The fourth-order valence-corrected chi connectivity index (χ4v) is 5.20. The molecule has 2 aliphatic heterocycles. The molecule has 0 amide bonds. The predicted octanol–water partition coefficient (Wildman–Crippen LogP) is 1.12. The Bertz CT molecular complexity index is 618. The van der Waals surface area contributed by atoms with Gasteiger partial charge in [0.1, 0.15) is 0 Å². The van der Waals surface area contributed by atoms with E-state index in [9.17, 15) is 5.11 Å². The third-order valence-corrected chi connectivity index (χ3v) is 6.84. The van der Waals surface area contributed by atoms with Crippen LogP contribution in [-0.2, 0) is 6.54 Å². The predicted molar refractivity (Wildman–Crippen MR) is 111 cm³/mol. The van der Waals surface area contributed by atoms with Crippen molar-refractivity contribution in [1.29, 1.82) is 0 Å². The fourth-order valence-electron chi connectivity index (χ4n) is 5.20. The zero-order valence-corrected chi connectivity index (χ0v) is 17.4. The Morgan fingerprint density at radius 2 is 1.75 bits per heavy atom. The molecule has 0 radical (unpaired) electrons. The maximum atomic E-state index is 10.8. The van der Waals surface area contributed by atoms with E-state index in [1.54, 1.807) is 0 Å². The molecule has 7 heteroatoms. The first-order valence-corrected chi connectivity index (χ1v) is 11.0. The van der Waals surface area contributed by atoms with Crippen molar-refractivity contribution < 1.29 is 5.11 Å². The summed E-state index contributed by atoms with van der Waals surface area (Å²) in [7, 11) is 2.19. The summed E-state index contributed by atoms with van der Waals surface area (Å²) < 4.78 is 0. The summed E-state index contributed by atoms with van der Waals surface area (Å²) in [6.07, 6.45) is 6.90. The standard InChI is InChI=1S/C21H36N6O/c1-3-4-22-21-23-11-16(12-24-21)13-26-14-17-9-19(20(28)10-18(17)15-26)27-7-5-25(2)6-8-27/h11-12,17-20,28H,3-10,13-15H2,1-2H3,(H,22,23,24)/t17-,18+,19-,20-/m1/s1. The Kier molecular flexibility index (Phi) is 6.45. The van der Waals surface area contributed by atoms with Crippen molar-refractivity contribution in [1.82, 2.24) is 24.7 Å². The van der Waals surface area contributed by atoms with Crippen LogP contribution in [0.25, 0.3) is 0 Å². The molecule has 28 heavy (non-hydrogen) atoms. The number of aliphatic hydroxyl groups is 1. The third-order valence-electron chi connectivity index (χ3n) is 6.84. The van der Waals surface area contributed by atoms with E-state index in [1.165, 1.54) is 5.56 Å². The van der Waals surface area contributed by atoms with Crippen LogP contribution in [-0.4, -0.2) is 94.8 Å². The minimum absolute atomic E-state index is 0.170. The lowest BCUT2D eigenvalue weighted by Crippen LogP contribution is -2.55. The van der Waals surface area contributed by atoms with Gasteiger partial charge in [0, 0.05) is 76.4 Å². The zero-order chi connectivity index (χ0) is 19.5. The highest BCUT2D eigenvalue weighted by Gasteiger charge is 2.43. The summed E-state index contributed by atoms with van der Waals surface area (Å²) in [5.74, 6) is 2.06. The summed E-state index contributed by atoms with van der Waals surface area (Å²) in [6.45, 7) is 10.6. The Balaban J connectivity index is 1.30. The first kappa shape index (κ1) is 20.0. The van der Waals surface area contributed by atoms with Gasteiger partial charge in [0.2, 0.25) is 5.95 Å². The largest absolute Gasteiger partial charge is 0.391 e. The summed E-state index contributed by atoms with van der Waals surface area (Å²) >= 11 is 0. The van der Waals surface area contributed by atoms with Crippen LogP contribution in [0.5, 0.6) is 0 Å². The molecule has 1 aliphatic carbocycles. The van der Waals surface area contributed by atoms with Gasteiger partial charge in [-0.25, -0.2) is 9.97 Å². The van der Waals surface area contributed by atoms with E-state index < -0.39 is 0 Å². The maximum Gasteiger partial charge on any atom is 0.222 e. The molecule has 4 atom stereocenters. The summed E-state index contributed by atoms with van der Waals surface area (Å²) in [5, 5.41) is 14.0. The number of aliphatic hydroxyl groups excluding tert-OH is 1. The number of nitrogens with one attached hydrogen (secondary N) is 1. The topological polar surface area (TPSA) is 67.8 Å². The molecule has 3 aliphatic rings. The van der Waals surface area contributed by atoms with Crippen LogP contribution in [0.15, 0.2) is 12.4 Å². The van der Waals surface area contributed by atoms with Crippen LogP contribution < -0.4 is 5.32 Å². The molecule has 3 heterocycles. The highest BCUT2D eigenvalue weighted by atomic mass is 16.3. The molecule has 4 rings (SSSR count). The van der Waals surface area contributed by atoms with E-state index in [0.717, 1.165) is 77.6 Å². The highest BCUT2D eigenvalue weighted by molar-refractivity contribution is 5.24. The highest BCUT2D eigenvalue weighted by Crippen LogP contribution is 2.38. The minimum Gasteiger partial charge on any atom is -0.391 e. The lowest BCUT2D eigenvalue weighted by Gasteiger charge is -2.44. The molecule has 7 nitrogen and oxygen atoms in total. The van der Waals surface area contributed by atoms with Crippen LogP contribution in [0.2, 0.25) is 0 Å². The first-order chi connectivity index (χ1) is 13.6. The normalized spacial score (nSPS) is 32.4. The van der Waals surface area contributed by atoms with Crippen molar-refractivity contribution in [3.8, 4) is 0 Å². The van der Waals surface area contributed by atoms with Crippen molar-refractivity contribution in [3.63, 3.8) is 0 Å². The molecular formula is C21H36N6O. The van der Waals surface area contributed by atoms with Crippen LogP contribution >= 0.6 is 0 Å². The lowest BCUT2D eigenvalue weighted by atomic mass is 9.77. The van der Waals surface area contributed by atoms with Gasteiger partial charge in [-0.2, -0.15) is 0 Å². The zero-order valence-electron chi connectivity index (χ0n) is 17.4. The maximum absolute atomic E-state index is 10.8. The number of likely N-dealkylation sites (N-methyl/N-ethyl adjacent to an activating group) is 1. The molecule has 3 fully saturated rings. The van der Waals surface area contributed by atoms with Crippen molar-refractivity contribution in [2.45, 2.75) is 44.9 Å². The number of aromatic nitrogens is 2. The second kappa shape index (κ2) is 9.03. The van der Waals surface area contributed by atoms with E-state index in [1.807, 2.05) is 12.4 Å². The second-order valence-electron chi connectivity index (χ2n) is 9.00. The van der Waals surface area contributed by atoms with E-state index in [0.29, 0.717) is 17.9 Å². The lowest BCUT2D eigenvalue weighted by molar-refractivity contribution is -0.0249. The summed E-state index contributed by atoms with van der Waals surface area (Å²) in [4.78, 5) is 16.3. The SMILES string of the molecule is CCCNc1ncc(CN2C[C@H]3C[C@@H](N4CCN(C)CC4)[C@H](O)C[C@H]3C2)cn1. The van der Waals surface area contributed by atoms with Crippen molar-refractivity contribution in [2.75, 3.05) is 58.2 Å². The molecule has 0 bridgehead atoms. The molecule has 0 spiro atoms. The minimum atomic E-state index is -0.170. The molecule has 156 valence electrons. The van der Waals surface area contributed by atoms with Crippen LogP contribution in [0.4, 0.5) is 5.95 Å². The first-order valence-electron chi connectivity index (χ1n) is 11.0. The van der Waals surface area contributed by atoms with Crippen molar-refractivity contribution in [3.05, 3.63) is 18.0 Å². The summed E-state index contributed by atoms with van der Waals surface area (Å²) in [6, 6.07) is 0.349. The smallest absolute Gasteiger partial charge is 0.222 e. The Morgan fingerprint density at radius 3 is 2.43 bits per heavy atom. The molecule has 2 N–H and O–H groups in total. The molecule has 1 aromatic heterocycles. The van der Waals surface area contributed by atoms with Gasteiger partial charge in [-0.05, 0) is 38.1 Å². The Morgan fingerprint density at radius 1 is 1.07 bits per heavy atom. The van der Waals surface area contributed by atoms with E-state index in [4.69, 9.17) is 0 Å². The van der Waals surface area contributed by atoms with E-state index >= 15 is 0 Å². The number of anilines is 1. The molecular weight excluding hydrogens is 352 g/mol. The number of nitrogens with zero attached hydrogens (tertiary/aromatic N) is 5.